The van der Waals surface area contributed by atoms with Gasteiger partial charge in [0.2, 0.25) is 0 Å². The van der Waals surface area contributed by atoms with Crippen LogP contribution in [0.1, 0.15) is 51.7 Å². The number of esters is 1. The summed E-state index contributed by atoms with van der Waals surface area (Å²) in [4.78, 5) is 12.7. The number of terminal acetylenes is 1. The van der Waals surface area contributed by atoms with Gasteiger partial charge in [-0.3, -0.25) is 22.9 Å². The number of rotatable bonds is 16. The van der Waals surface area contributed by atoms with Crippen LogP contribution in [0, 0.1) is 18.4 Å². The van der Waals surface area contributed by atoms with Crippen molar-refractivity contribution in [1.82, 2.24) is 0 Å². The molecule has 9 nitrogen and oxygen atoms in total. The van der Waals surface area contributed by atoms with E-state index in [9.17, 15) is 13.9 Å². The molecular weight excluding hydrogens is 482 g/mol. The van der Waals surface area contributed by atoms with Crippen molar-refractivity contribution < 1.29 is 41.3 Å². The van der Waals surface area contributed by atoms with Gasteiger partial charge in [-0.1, -0.05) is 44.5 Å². The monoisotopic (exact) mass is 518 g/mol. The fourth-order valence-corrected chi connectivity index (χ4v) is 4.89. The van der Waals surface area contributed by atoms with Crippen LogP contribution in [0.2, 0.25) is 0 Å². The fourth-order valence-electron chi connectivity index (χ4n) is 2.90. The molecule has 0 aliphatic rings. The van der Waals surface area contributed by atoms with Crippen molar-refractivity contribution in [2.24, 2.45) is 5.92 Å². The zero-order valence-electron chi connectivity index (χ0n) is 20.7. The predicted molar refractivity (Wildman–Crippen MR) is 129 cm³/mol. The summed E-state index contributed by atoms with van der Waals surface area (Å²) < 4.78 is 55.9. The number of carbonyl (C=O) groups is 1. The Morgan fingerprint density at radius 2 is 1.59 bits per heavy atom. The summed E-state index contributed by atoms with van der Waals surface area (Å²) >= 11 is 0. The highest BCUT2D eigenvalue weighted by molar-refractivity contribution is 7.53. The van der Waals surface area contributed by atoms with Gasteiger partial charge in [-0.25, -0.2) is 9.13 Å². The second kappa shape index (κ2) is 14.7. The average Bonchev–Trinajstić information content (AvgIpc) is 2.75. The van der Waals surface area contributed by atoms with Gasteiger partial charge in [0.25, 0.3) is 0 Å². The molecule has 3 unspecified atom stereocenters. The lowest BCUT2D eigenvalue weighted by molar-refractivity contribution is -0.148. The first kappa shape index (κ1) is 30.4. The molecule has 1 rings (SSSR count). The Morgan fingerprint density at radius 3 is 2.09 bits per heavy atom. The average molecular weight is 518 g/mol. The molecule has 0 radical (unpaired) electrons. The van der Waals surface area contributed by atoms with Gasteiger partial charge in [0, 0.05) is 0 Å². The standard InChI is InChI=1S/C23H36O9P2/c1-8-28-33(7,25)31-17-22(32-34(26,29-9-2)30-10-3)16-27-23(24)19(6)21-13-11-20(12-14-21)15-18(4)5/h1,11-14,18-19,22H,9-10,15-17H2,2-7H3. The molecule has 0 aliphatic heterocycles. The Balaban J connectivity index is 2.88. The zero-order chi connectivity index (χ0) is 25.8. The van der Waals surface area contributed by atoms with Crippen molar-refractivity contribution in [3.8, 4) is 12.5 Å². The lowest BCUT2D eigenvalue weighted by atomic mass is 9.97. The Morgan fingerprint density at radius 1 is 1.00 bits per heavy atom. The van der Waals surface area contributed by atoms with E-state index >= 15 is 0 Å². The van der Waals surface area contributed by atoms with Gasteiger partial charge in [0.05, 0.1) is 32.4 Å². The van der Waals surface area contributed by atoms with Crippen molar-refractivity contribution in [2.75, 3.05) is 33.1 Å². The highest BCUT2D eigenvalue weighted by atomic mass is 31.2. The summed E-state index contributed by atoms with van der Waals surface area (Å²) in [5.41, 5.74) is 1.98. The number of benzene rings is 1. The van der Waals surface area contributed by atoms with Gasteiger partial charge >= 0.3 is 21.4 Å². The van der Waals surface area contributed by atoms with Gasteiger partial charge in [0.1, 0.15) is 18.8 Å². The van der Waals surface area contributed by atoms with Crippen LogP contribution in [-0.2, 0) is 47.7 Å². The summed E-state index contributed by atoms with van der Waals surface area (Å²) in [6.07, 6.45) is 6.64. The van der Waals surface area contributed by atoms with Crippen LogP contribution < -0.4 is 0 Å². The van der Waals surface area contributed by atoms with Crippen molar-refractivity contribution >= 4 is 21.4 Å². The number of hydrogen-bond acceptors (Lipinski definition) is 9. The lowest BCUT2D eigenvalue weighted by Gasteiger charge is -2.24. The molecule has 34 heavy (non-hydrogen) atoms. The Bertz CT molecular complexity index is 883. The Kier molecular flexibility index (Phi) is 13.1. The van der Waals surface area contributed by atoms with Crippen molar-refractivity contribution in [3.05, 3.63) is 35.4 Å². The molecule has 0 heterocycles. The Labute approximate surface area is 202 Å². The van der Waals surface area contributed by atoms with E-state index in [2.05, 4.69) is 18.4 Å². The van der Waals surface area contributed by atoms with E-state index in [0.29, 0.717) is 5.92 Å². The van der Waals surface area contributed by atoms with E-state index < -0.39 is 40.0 Å². The van der Waals surface area contributed by atoms with Gasteiger partial charge in [-0.05, 0) is 44.2 Å². The second-order valence-corrected chi connectivity index (χ2v) is 11.6. The third-order valence-electron chi connectivity index (χ3n) is 4.45. The van der Waals surface area contributed by atoms with E-state index in [1.54, 1.807) is 26.9 Å². The molecule has 0 N–H and O–H groups in total. The molecule has 3 atom stereocenters. The number of ether oxygens (including phenoxy) is 1. The minimum Gasteiger partial charge on any atom is -0.462 e. The van der Waals surface area contributed by atoms with Crippen LogP contribution >= 0.6 is 15.4 Å². The minimum absolute atomic E-state index is 0.0565. The normalized spacial score (nSPS) is 15.2. The highest BCUT2D eigenvalue weighted by Crippen LogP contribution is 2.51. The number of phosphoric ester groups is 1. The van der Waals surface area contributed by atoms with E-state index in [0.717, 1.165) is 12.0 Å². The summed E-state index contributed by atoms with van der Waals surface area (Å²) in [6.45, 7) is 9.78. The van der Waals surface area contributed by atoms with E-state index in [1.807, 2.05) is 24.3 Å². The summed E-state index contributed by atoms with van der Waals surface area (Å²) in [7, 11) is -7.57. The van der Waals surface area contributed by atoms with Crippen LogP contribution in [0.4, 0.5) is 0 Å². The smallest absolute Gasteiger partial charge is 0.462 e. The number of hydrogen-bond donors (Lipinski definition) is 0. The second-order valence-electron chi connectivity index (χ2n) is 7.98. The largest absolute Gasteiger partial charge is 0.475 e. The van der Waals surface area contributed by atoms with E-state index in [4.69, 9.17) is 29.3 Å². The quantitative estimate of drug-likeness (QED) is 0.158. The molecule has 0 amide bonds. The van der Waals surface area contributed by atoms with Crippen LogP contribution in [0.5, 0.6) is 0 Å². The van der Waals surface area contributed by atoms with E-state index in [-0.39, 0.29) is 19.8 Å². The maximum Gasteiger partial charge on any atom is 0.475 e. The third kappa shape index (κ3) is 11.2. The van der Waals surface area contributed by atoms with Crippen LogP contribution in [0.3, 0.4) is 0 Å². The fraction of sp³-hybridized carbons (Fsp3) is 0.609. The maximum atomic E-state index is 12.8. The van der Waals surface area contributed by atoms with Gasteiger partial charge in [-0.15, -0.1) is 0 Å². The van der Waals surface area contributed by atoms with Gasteiger partial charge in [-0.2, -0.15) is 0 Å². The van der Waals surface area contributed by atoms with Crippen LogP contribution in [0.15, 0.2) is 24.3 Å². The SMILES string of the molecule is C#COP(C)(=O)OCC(COC(=O)C(C)c1ccc(CC(C)C)cc1)OP(=O)(OCC)OCC. The zero-order valence-corrected chi connectivity index (χ0v) is 22.5. The Hall–Kier alpha value is -1.65. The molecule has 11 heteroatoms. The highest BCUT2D eigenvalue weighted by Gasteiger charge is 2.33. The number of carbonyl (C=O) groups excluding carboxylic acids is 1. The van der Waals surface area contributed by atoms with Crippen LogP contribution in [-0.4, -0.2) is 45.2 Å². The third-order valence-corrected chi connectivity index (χ3v) is 7.22. The van der Waals surface area contributed by atoms with Crippen molar-refractivity contribution in [1.29, 1.82) is 0 Å². The topological polar surface area (TPSA) is 107 Å². The molecular formula is C23H36O9P2. The summed E-state index contributed by atoms with van der Waals surface area (Å²) in [6, 6.07) is 7.76. The van der Waals surface area contributed by atoms with Crippen LogP contribution in [0.25, 0.3) is 0 Å². The molecule has 0 saturated carbocycles. The first-order valence-corrected chi connectivity index (χ1v) is 14.6. The molecule has 0 fully saturated rings. The molecule has 0 aliphatic carbocycles. The predicted octanol–water partition coefficient (Wildman–Crippen LogP) is 5.54. The van der Waals surface area contributed by atoms with Crippen molar-refractivity contribution in [3.63, 3.8) is 0 Å². The molecule has 0 spiro atoms. The lowest BCUT2D eigenvalue weighted by Crippen LogP contribution is -2.28. The van der Waals surface area contributed by atoms with E-state index in [1.165, 1.54) is 12.2 Å². The van der Waals surface area contributed by atoms with Gasteiger partial charge in [0.15, 0.2) is 0 Å². The van der Waals surface area contributed by atoms with Crippen molar-refractivity contribution in [2.45, 2.75) is 53.1 Å². The summed E-state index contributed by atoms with van der Waals surface area (Å²) in [5.74, 6) is -0.545. The summed E-state index contributed by atoms with van der Waals surface area (Å²) in [5, 5.41) is 0. The molecule has 0 saturated heterocycles. The van der Waals surface area contributed by atoms with Gasteiger partial charge < -0.3 is 9.26 Å². The first-order valence-electron chi connectivity index (χ1n) is 11.1. The molecule has 192 valence electrons. The maximum absolute atomic E-state index is 12.8. The molecule has 1 aromatic carbocycles. The number of phosphoric acid groups is 1. The minimum atomic E-state index is -3.97. The molecule has 1 aromatic rings. The first-order chi connectivity index (χ1) is 15.9. The molecule has 0 bridgehead atoms. The molecule has 0 aromatic heterocycles.